The van der Waals surface area contributed by atoms with Gasteiger partial charge in [0.05, 0.1) is 5.69 Å². The normalized spacial score (nSPS) is 11.7. The number of rotatable bonds is 6. The molecule has 0 aliphatic rings. The van der Waals surface area contributed by atoms with Crippen molar-refractivity contribution in [3.8, 4) is 0 Å². The van der Waals surface area contributed by atoms with E-state index < -0.39 is 0 Å². The Balaban J connectivity index is 2.06. The van der Waals surface area contributed by atoms with Gasteiger partial charge in [0.2, 0.25) is 0 Å². The van der Waals surface area contributed by atoms with Gasteiger partial charge in [0, 0.05) is 45.5 Å². The molecule has 1 N–H and O–H groups in total. The number of aromatic nitrogens is 2. The molecule has 2 rings (SSSR count). The zero-order chi connectivity index (χ0) is 18.4. The van der Waals surface area contributed by atoms with Crippen LogP contribution in [-0.4, -0.2) is 34.7 Å². The lowest BCUT2D eigenvalue weighted by Gasteiger charge is -2.22. The Morgan fingerprint density at radius 1 is 1.24 bits per heavy atom. The van der Waals surface area contributed by atoms with Crippen LogP contribution in [-0.2, 0) is 33.0 Å². The van der Waals surface area contributed by atoms with Gasteiger partial charge in [-0.3, -0.25) is 9.67 Å². The number of guanidine groups is 1. The van der Waals surface area contributed by atoms with Gasteiger partial charge in [-0.25, -0.2) is 4.39 Å². The molecule has 5 nitrogen and oxygen atoms in total. The molecule has 2 aromatic rings. The third-order valence-electron chi connectivity index (χ3n) is 4.36. The fraction of sp³-hybridized carbons (Fsp3) is 0.474. The van der Waals surface area contributed by atoms with E-state index in [-0.39, 0.29) is 5.82 Å². The van der Waals surface area contributed by atoms with E-state index in [1.165, 1.54) is 23.4 Å². The average Bonchev–Trinajstić information content (AvgIpc) is 2.92. The number of aryl methyl sites for hydroxylation is 2. The lowest BCUT2D eigenvalue weighted by Crippen LogP contribution is -2.38. The summed E-state index contributed by atoms with van der Waals surface area (Å²) in [6.07, 6.45) is 1.86. The Kier molecular flexibility index (Phi) is 6.56. The topological polar surface area (TPSA) is 45.5 Å². The van der Waals surface area contributed by atoms with Gasteiger partial charge in [0.15, 0.2) is 5.96 Å². The average molecular weight is 345 g/mol. The minimum Gasteiger partial charge on any atom is -0.352 e. The van der Waals surface area contributed by atoms with Crippen molar-refractivity contribution in [1.82, 2.24) is 20.0 Å². The van der Waals surface area contributed by atoms with Gasteiger partial charge < -0.3 is 10.2 Å². The molecule has 0 saturated heterocycles. The van der Waals surface area contributed by atoms with Crippen molar-refractivity contribution in [2.75, 3.05) is 14.1 Å². The van der Waals surface area contributed by atoms with Crippen molar-refractivity contribution in [1.29, 1.82) is 0 Å². The quantitative estimate of drug-likeness (QED) is 0.647. The number of benzene rings is 1. The van der Waals surface area contributed by atoms with Crippen molar-refractivity contribution in [2.24, 2.45) is 12.0 Å². The molecule has 6 heteroatoms. The number of nitrogens with zero attached hydrogens (tertiary/aromatic N) is 4. The first-order valence-electron chi connectivity index (χ1n) is 8.69. The summed E-state index contributed by atoms with van der Waals surface area (Å²) in [4.78, 5) is 6.39. The van der Waals surface area contributed by atoms with Gasteiger partial charge in [-0.15, -0.1) is 0 Å². The maximum Gasteiger partial charge on any atom is 0.193 e. The first kappa shape index (κ1) is 19.0. The molecule has 1 aromatic heterocycles. The molecule has 0 unspecified atom stereocenters. The Labute approximate surface area is 149 Å². The van der Waals surface area contributed by atoms with Crippen LogP contribution in [0.3, 0.4) is 0 Å². The molecular formula is C19H28FN5. The second-order valence-corrected chi connectivity index (χ2v) is 6.09. The molecule has 25 heavy (non-hydrogen) atoms. The van der Waals surface area contributed by atoms with Crippen LogP contribution in [0.4, 0.5) is 4.39 Å². The third kappa shape index (κ3) is 4.59. The number of hydrogen-bond donors (Lipinski definition) is 1. The Morgan fingerprint density at radius 3 is 2.48 bits per heavy atom. The van der Waals surface area contributed by atoms with E-state index in [1.54, 1.807) is 19.2 Å². The predicted octanol–water partition coefficient (Wildman–Crippen LogP) is 2.89. The fourth-order valence-electron chi connectivity index (χ4n) is 3.08. The van der Waals surface area contributed by atoms with Gasteiger partial charge in [-0.2, -0.15) is 5.10 Å². The van der Waals surface area contributed by atoms with Gasteiger partial charge >= 0.3 is 0 Å². The third-order valence-corrected chi connectivity index (χ3v) is 4.36. The van der Waals surface area contributed by atoms with Crippen molar-refractivity contribution in [3.63, 3.8) is 0 Å². The maximum atomic E-state index is 13.0. The smallest absolute Gasteiger partial charge is 0.193 e. The van der Waals surface area contributed by atoms with Crippen LogP contribution in [0.15, 0.2) is 29.3 Å². The molecule has 0 aliphatic heterocycles. The first-order valence-corrected chi connectivity index (χ1v) is 8.69. The lowest BCUT2D eigenvalue weighted by molar-refractivity contribution is 0.475. The van der Waals surface area contributed by atoms with E-state index in [9.17, 15) is 4.39 Å². The Bertz CT molecular complexity index is 718. The van der Waals surface area contributed by atoms with Crippen molar-refractivity contribution in [3.05, 3.63) is 52.6 Å². The van der Waals surface area contributed by atoms with E-state index in [0.717, 1.165) is 30.1 Å². The highest BCUT2D eigenvalue weighted by Crippen LogP contribution is 2.15. The number of hydrogen-bond acceptors (Lipinski definition) is 2. The monoisotopic (exact) mass is 345 g/mol. The summed E-state index contributed by atoms with van der Waals surface area (Å²) in [5.41, 5.74) is 4.67. The molecule has 0 bridgehead atoms. The van der Waals surface area contributed by atoms with Gasteiger partial charge in [-0.05, 0) is 30.5 Å². The molecule has 136 valence electrons. The second-order valence-electron chi connectivity index (χ2n) is 6.09. The van der Waals surface area contributed by atoms with Crippen molar-refractivity contribution in [2.45, 2.75) is 39.8 Å². The molecular weight excluding hydrogens is 317 g/mol. The lowest BCUT2D eigenvalue weighted by atomic mass is 10.1. The number of aliphatic imine (C=N–C) groups is 1. The highest BCUT2D eigenvalue weighted by Gasteiger charge is 2.15. The SMILES string of the molecule is CCc1nn(C)c(CC)c1CNC(=NC)N(C)Cc1ccc(F)cc1. The van der Waals surface area contributed by atoms with Crippen LogP contribution in [0.25, 0.3) is 0 Å². The minimum absolute atomic E-state index is 0.218. The molecule has 0 amide bonds. The van der Waals surface area contributed by atoms with E-state index in [4.69, 9.17) is 0 Å². The molecule has 0 fully saturated rings. The number of nitrogens with one attached hydrogen (secondary N) is 1. The van der Waals surface area contributed by atoms with E-state index in [2.05, 4.69) is 29.3 Å². The molecule has 0 radical (unpaired) electrons. The Hall–Kier alpha value is -2.37. The molecule has 0 atom stereocenters. The Morgan fingerprint density at radius 2 is 1.92 bits per heavy atom. The van der Waals surface area contributed by atoms with Crippen LogP contribution >= 0.6 is 0 Å². The summed E-state index contributed by atoms with van der Waals surface area (Å²) in [5.74, 6) is 0.585. The molecule has 0 saturated carbocycles. The highest BCUT2D eigenvalue weighted by atomic mass is 19.1. The van der Waals surface area contributed by atoms with E-state index >= 15 is 0 Å². The summed E-state index contributed by atoms with van der Waals surface area (Å²) in [6, 6.07) is 6.56. The molecule has 0 aliphatic carbocycles. The van der Waals surface area contributed by atoms with Crippen LogP contribution in [0.1, 0.15) is 36.4 Å². The van der Waals surface area contributed by atoms with Crippen molar-refractivity contribution >= 4 is 5.96 Å². The fourth-order valence-corrected chi connectivity index (χ4v) is 3.08. The molecule has 1 aromatic carbocycles. The summed E-state index contributed by atoms with van der Waals surface area (Å²) < 4.78 is 15.0. The highest BCUT2D eigenvalue weighted by molar-refractivity contribution is 5.79. The predicted molar refractivity (Wildman–Crippen MR) is 100 cm³/mol. The number of halogens is 1. The van der Waals surface area contributed by atoms with Gasteiger partial charge in [0.1, 0.15) is 5.82 Å². The zero-order valence-corrected chi connectivity index (χ0v) is 15.8. The van der Waals surface area contributed by atoms with Crippen LogP contribution in [0.2, 0.25) is 0 Å². The summed E-state index contributed by atoms with van der Waals surface area (Å²) >= 11 is 0. The van der Waals surface area contributed by atoms with E-state index in [1.807, 2.05) is 23.7 Å². The summed E-state index contributed by atoms with van der Waals surface area (Å²) in [6.45, 7) is 5.63. The van der Waals surface area contributed by atoms with Gasteiger partial charge in [-0.1, -0.05) is 26.0 Å². The molecule has 1 heterocycles. The largest absolute Gasteiger partial charge is 0.352 e. The van der Waals surface area contributed by atoms with Crippen LogP contribution in [0.5, 0.6) is 0 Å². The summed E-state index contributed by atoms with van der Waals surface area (Å²) in [5, 5.41) is 8.04. The maximum absolute atomic E-state index is 13.0. The molecule has 0 spiro atoms. The zero-order valence-electron chi connectivity index (χ0n) is 15.8. The minimum atomic E-state index is -0.218. The summed E-state index contributed by atoms with van der Waals surface area (Å²) in [7, 11) is 5.74. The van der Waals surface area contributed by atoms with E-state index in [0.29, 0.717) is 13.1 Å². The van der Waals surface area contributed by atoms with Gasteiger partial charge in [0.25, 0.3) is 0 Å². The van der Waals surface area contributed by atoms with Crippen LogP contribution < -0.4 is 5.32 Å². The van der Waals surface area contributed by atoms with Crippen LogP contribution in [0, 0.1) is 5.82 Å². The second kappa shape index (κ2) is 8.65. The van der Waals surface area contributed by atoms with Crippen molar-refractivity contribution < 1.29 is 4.39 Å². The first-order chi connectivity index (χ1) is 12.0. The standard InChI is InChI=1S/C19H28FN5/c1-6-17-16(18(7-2)25(5)23-17)12-22-19(21-3)24(4)13-14-8-10-15(20)11-9-14/h8-11H,6-7,12-13H2,1-5H3,(H,21,22).